The molecule has 0 bridgehead atoms. The maximum absolute atomic E-state index is 11.2. The van der Waals surface area contributed by atoms with Crippen LogP contribution in [0.3, 0.4) is 0 Å². The van der Waals surface area contributed by atoms with Crippen molar-refractivity contribution in [1.29, 1.82) is 0 Å². The Morgan fingerprint density at radius 2 is 2.05 bits per heavy atom. The van der Waals surface area contributed by atoms with E-state index in [2.05, 4.69) is 50.5 Å². The highest BCUT2D eigenvalue weighted by atomic mass is 16.5. The summed E-state index contributed by atoms with van der Waals surface area (Å²) in [6, 6.07) is 8.40. The second kappa shape index (κ2) is 6.85. The van der Waals surface area contributed by atoms with Gasteiger partial charge < -0.3 is 10.1 Å². The molecule has 0 radical (unpaired) electrons. The van der Waals surface area contributed by atoms with Crippen LogP contribution in [0.5, 0.6) is 5.75 Å². The number of nitrogens with one attached hydrogen (secondary N) is 1. The van der Waals surface area contributed by atoms with Gasteiger partial charge in [-0.3, -0.25) is 4.79 Å². The van der Waals surface area contributed by atoms with Crippen LogP contribution in [0.2, 0.25) is 0 Å². The van der Waals surface area contributed by atoms with Gasteiger partial charge in [0.15, 0.2) is 0 Å². The second-order valence-electron chi connectivity index (χ2n) is 6.85. The summed E-state index contributed by atoms with van der Waals surface area (Å²) in [5.41, 5.74) is 5.36. The van der Waals surface area contributed by atoms with E-state index in [0.717, 1.165) is 24.2 Å². The van der Waals surface area contributed by atoms with Gasteiger partial charge in [0.2, 0.25) is 5.91 Å². The third kappa shape index (κ3) is 4.51. The average Bonchev–Trinajstić information content (AvgIpc) is 2.88. The van der Waals surface area contributed by atoms with E-state index < -0.39 is 0 Å². The summed E-state index contributed by atoms with van der Waals surface area (Å²) in [7, 11) is 0. The molecule has 1 amide bonds. The molecular weight excluding hydrogens is 274 g/mol. The van der Waals surface area contributed by atoms with Crippen LogP contribution in [0.4, 0.5) is 0 Å². The molecule has 1 aromatic carbocycles. The minimum atomic E-state index is 0.132. The topological polar surface area (TPSA) is 38.3 Å². The molecule has 0 unspecified atom stereocenters. The summed E-state index contributed by atoms with van der Waals surface area (Å²) in [6.45, 7) is 10.8. The van der Waals surface area contributed by atoms with Crippen LogP contribution in [-0.2, 0) is 10.2 Å². The van der Waals surface area contributed by atoms with Crippen molar-refractivity contribution in [2.75, 3.05) is 6.61 Å². The molecule has 0 spiro atoms. The van der Waals surface area contributed by atoms with Gasteiger partial charge in [0.05, 0.1) is 0 Å². The Balaban J connectivity index is 1.88. The zero-order chi connectivity index (χ0) is 16.2. The molecule has 3 heteroatoms. The van der Waals surface area contributed by atoms with E-state index in [0.29, 0.717) is 13.0 Å². The van der Waals surface area contributed by atoms with Crippen LogP contribution in [0.15, 0.2) is 42.1 Å². The molecule has 1 N–H and O–H groups in total. The minimum Gasteiger partial charge on any atom is -0.489 e. The highest BCUT2D eigenvalue weighted by Gasteiger charge is 2.21. The van der Waals surface area contributed by atoms with Crippen molar-refractivity contribution in [1.82, 2.24) is 5.32 Å². The van der Waals surface area contributed by atoms with Crippen LogP contribution in [0.1, 0.15) is 45.6 Å². The Hall–Kier alpha value is -1.99. The summed E-state index contributed by atoms with van der Waals surface area (Å²) >= 11 is 0. The molecule has 3 nitrogen and oxygen atoms in total. The molecule has 1 aliphatic heterocycles. The summed E-state index contributed by atoms with van der Waals surface area (Å²) in [6.07, 6.45) is 2.25. The van der Waals surface area contributed by atoms with E-state index in [1.165, 1.54) is 5.56 Å². The normalized spacial score (nSPS) is 17.8. The van der Waals surface area contributed by atoms with Crippen molar-refractivity contribution >= 4 is 5.91 Å². The fourth-order valence-corrected chi connectivity index (χ4v) is 2.53. The number of carbonyl (C=O) groups excluding carboxylic acids is 1. The second-order valence-corrected chi connectivity index (χ2v) is 6.85. The highest BCUT2D eigenvalue weighted by Crippen LogP contribution is 2.24. The van der Waals surface area contributed by atoms with Gasteiger partial charge in [-0.25, -0.2) is 0 Å². The number of rotatable bonds is 5. The van der Waals surface area contributed by atoms with Crippen molar-refractivity contribution in [2.45, 2.75) is 51.5 Å². The van der Waals surface area contributed by atoms with Crippen molar-refractivity contribution in [3.05, 3.63) is 47.7 Å². The largest absolute Gasteiger partial charge is 0.489 e. The lowest BCUT2D eigenvalue weighted by molar-refractivity contribution is -0.119. The van der Waals surface area contributed by atoms with Gasteiger partial charge >= 0.3 is 0 Å². The molecule has 1 atom stereocenters. The molecule has 1 aliphatic rings. The van der Waals surface area contributed by atoms with Crippen LogP contribution in [-0.4, -0.2) is 18.6 Å². The summed E-state index contributed by atoms with van der Waals surface area (Å²) in [5.74, 6) is 0.975. The number of hydrogen-bond acceptors (Lipinski definition) is 2. The van der Waals surface area contributed by atoms with Crippen LogP contribution in [0, 0.1) is 0 Å². The van der Waals surface area contributed by atoms with E-state index in [1.54, 1.807) is 0 Å². The lowest BCUT2D eigenvalue weighted by Crippen LogP contribution is -2.26. The summed E-state index contributed by atoms with van der Waals surface area (Å²) in [4.78, 5) is 11.2. The van der Waals surface area contributed by atoms with Gasteiger partial charge in [-0.1, -0.05) is 39.5 Å². The number of carbonyl (C=O) groups is 1. The smallest absolute Gasteiger partial charge is 0.220 e. The molecule has 1 saturated heterocycles. The number of benzene rings is 1. The predicted molar refractivity (Wildman–Crippen MR) is 89.1 cm³/mol. The van der Waals surface area contributed by atoms with Gasteiger partial charge in [-0.2, -0.15) is 0 Å². The first-order chi connectivity index (χ1) is 10.4. The summed E-state index contributed by atoms with van der Waals surface area (Å²) < 4.78 is 5.81. The maximum atomic E-state index is 11.2. The zero-order valence-electron chi connectivity index (χ0n) is 13.7. The van der Waals surface area contributed by atoms with Crippen LogP contribution >= 0.6 is 0 Å². The van der Waals surface area contributed by atoms with E-state index in [1.807, 2.05) is 12.1 Å². The lowest BCUT2D eigenvalue weighted by atomic mass is 9.87. The molecule has 0 aromatic heterocycles. The van der Waals surface area contributed by atoms with Crippen LogP contribution in [0.25, 0.3) is 0 Å². The molecule has 1 aromatic rings. The Kier molecular flexibility index (Phi) is 5.10. The standard InChI is InChI=1S/C19H25NO2/c1-5-14(12-16-8-11-18(21)20-16)13-22-17-9-6-15(7-10-17)19(2,3)4/h6-7,9-10,16H,1,8,11-13H2,2-4H3,(H,20,21)/t16-/m0/s1. The molecule has 118 valence electrons. The third-order valence-electron chi connectivity index (χ3n) is 3.96. The van der Waals surface area contributed by atoms with E-state index in [9.17, 15) is 4.79 Å². The first-order valence-electron chi connectivity index (χ1n) is 7.79. The quantitative estimate of drug-likeness (QED) is 0.841. The van der Waals surface area contributed by atoms with Crippen molar-refractivity contribution in [3.8, 4) is 5.75 Å². The fourth-order valence-electron chi connectivity index (χ4n) is 2.53. The number of amides is 1. The molecule has 2 rings (SSSR count). The minimum absolute atomic E-state index is 0.132. The number of hydrogen-bond donors (Lipinski definition) is 1. The Morgan fingerprint density at radius 3 is 2.55 bits per heavy atom. The first-order valence-corrected chi connectivity index (χ1v) is 7.79. The Labute approximate surface area is 133 Å². The molecule has 1 heterocycles. The molecule has 22 heavy (non-hydrogen) atoms. The van der Waals surface area contributed by atoms with Gasteiger partial charge in [0.1, 0.15) is 12.4 Å². The van der Waals surface area contributed by atoms with Gasteiger partial charge in [0.25, 0.3) is 0 Å². The zero-order valence-corrected chi connectivity index (χ0v) is 13.7. The first kappa shape index (κ1) is 16.4. The molecule has 1 fully saturated rings. The van der Waals surface area contributed by atoms with Crippen molar-refractivity contribution < 1.29 is 9.53 Å². The van der Waals surface area contributed by atoms with E-state index in [4.69, 9.17) is 4.74 Å². The highest BCUT2D eigenvalue weighted by molar-refractivity contribution is 5.78. The molecule has 0 aliphatic carbocycles. The van der Waals surface area contributed by atoms with Crippen LogP contribution < -0.4 is 10.1 Å². The summed E-state index contributed by atoms with van der Waals surface area (Å²) in [5, 5.41) is 2.96. The van der Waals surface area contributed by atoms with Gasteiger partial charge in [0, 0.05) is 18.0 Å². The number of ether oxygens (including phenoxy) is 1. The average molecular weight is 299 g/mol. The van der Waals surface area contributed by atoms with Crippen molar-refractivity contribution in [3.63, 3.8) is 0 Å². The Bertz CT molecular complexity index is 574. The SMILES string of the molecule is C=C=C(COc1ccc(C(C)(C)C)cc1)C[C@@H]1CCC(=O)N1. The van der Waals surface area contributed by atoms with Crippen molar-refractivity contribution in [2.24, 2.45) is 0 Å². The van der Waals surface area contributed by atoms with E-state index >= 15 is 0 Å². The van der Waals surface area contributed by atoms with Gasteiger partial charge in [-0.05, 0) is 36.0 Å². The third-order valence-corrected chi connectivity index (χ3v) is 3.96. The lowest BCUT2D eigenvalue weighted by Gasteiger charge is -2.19. The Morgan fingerprint density at radius 1 is 1.36 bits per heavy atom. The molecular formula is C19H25NO2. The predicted octanol–water partition coefficient (Wildman–Crippen LogP) is 3.74. The molecule has 0 saturated carbocycles. The fraction of sp³-hybridized carbons (Fsp3) is 0.474. The van der Waals surface area contributed by atoms with Gasteiger partial charge in [-0.15, -0.1) is 5.73 Å². The van der Waals surface area contributed by atoms with E-state index in [-0.39, 0.29) is 17.4 Å². The monoisotopic (exact) mass is 299 g/mol. The maximum Gasteiger partial charge on any atom is 0.220 e.